The normalized spacial score (nSPS) is 16.9. The number of nitrogens with zero attached hydrogens (tertiary/aromatic N) is 3. The van der Waals surface area contributed by atoms with Crippen molar-refractivity contribution in [3.05, 3.63) is 41.5 Å². The van der Waals surface area contributed by atoms with Gasteiger partial charge in [-0.25, -0.2) is 13.8 Å². The molecule has 1 fully saturated rings. The molecule has 0 radical (unpaired) electrons. The monoisotopic (exact) mass is 506 g/mol. The summed E-state index contributed by atoms with van der Waals surface area (Å²) in [6.45, 7) is 1.80. The number of morpholine rings is 1. The van der Waals surface area contributed by atoms with Crippen molar-refractivity contribution in [2.24, 2.45) is 0 Å². The number of anilines is 1. The molecule has 1 aromatic heterocycles. The lowest BCUT2D eigenvalue weighted by Crippen LogP contribution is -2.43. The number of nitrogens with one attached hydrogen (secondary N) is 1. The van der Waals surface area contributed by atoms with Crippen LogP contribution in [0.15, 0.2) is 29.4 Å². The molecular weight excluding hydrogens is 482 g/mol. The number of hydrogen-bond donors (Lipinski definition) is 3. The van der Waals surface area contributed by atoms with Crippen LogP contribution in [0.25, 0.3) is 0 Å². The zero-order chi connectivity index (χ0) is 24.0. The molecule has 0 amide bonds. The number of aromatic nitrogens is 2. The lowest BCUT2D eigenvalue weighted by Gasteiger charge is -2.26. The van der Waals surface area contributed by atoms with Gasteiger partial charge in [-0.2, -0.15) is 17.7 Å². The number of ether oxygens (including phenoxy) is 2. The van der Waals surface area contributed by atoms with E-state index in [0.29, 0.717) is 0 Å². The fraction of sp³-hybridized carbons (Fsp3) is 0.474. The molecule has 2 heterocycles. The van der Waals surface area contributed by atoms with Crippen LogP contribution in [0, 0.1) is 11.6 Å². The third-order valence-corrected chi connectivity index (χ3v) is 7.06. The maximum atomic E-state index is 14.0. The molecule has 2 aromatic rings. The summed E-state index contributed by atoms with van der Waals surface area (Å²) >= 11 is 0.938. The lowest BCUT2D eigenvalue weighted by atomic mass is 10.2. The second-order valence-electron chi connectivity index (χ2n) is 7.07. The predicted octanol–water partition coefficient (Wildman–Crippen LogP) is 1.16. The highest BCUT2D eigenvalue weighted by molar-refractivity contribution is 7.98. The minimum Gasteiger partial charge on any atom is -0.472 e. The van der Waals surface area contributed by atoms with Gasteiger partial charge in [0, 0.05) is 30.5 Å². The predicted molar refractivity (Wildman–Crippen MR) is 116 cm³/mol. The van der Waals surface area contributed by atoms with Crippen molar-refractivity contribution in [2.75, 3.05) is 37.6 Å². The summed E-state index contributed by atoms with van der Waals surface area (Å²) in [5.74, 6) is -2.20. The molecule has 10 nitrogen and oxygen atoms in total. The van der Waals surface area contributed by atoms with E-state index in [0.717, 1.165) is 17.8 Å². The first-order chi connectivity index (χ1) is 15.7. The molecule has 14 heteroatoms. The largest absolute Gasteiger partial charge is 0.472 e. The Kier molecular flexibility index (Phi) is 8.78. The Hall–Kier alpha value is -2.10. The molecule has 3 rings (SSSR count). The molecule has 0 unspecified atom stereocenters. The Morgan fingerprint density at radius 2 is 2.03 bits per heavy atom. The van der Waals surface area contributed by atoms with E-state index >= 15 is 0 Å². The van der Waals surface area contributed by atoms with E-state index in [1.807, 2.05) is 0 Å². The molecule has 2 atom stereocenters. The molecule has 0 saturated carbocycles. The highest BCUT2D eigenvalue weighted by atomic mass is 32.2. The Labute approximate surface area is 194 Å². The fourth-order valence-electron chi connectivity index (χ4n) is 2.78. The van der Waals surface area contributed by atoms with Crippen LogP contribution in [0.5, 0.6) is 5.88 Å². The second kappa shape index (κ2) is 11.4. The van der Waals surface area contributed by atoms with Gasteiger partial charge < -0.3 is 19.7 Å². The molecule has 0 bridgehead atoms. The van der Waals surface area contributed by atoms with E-state index < -0.39 is 40.7 Å². The number of hydrogen-bond acceptors (Lipinski definition) is 9. The number of halogens is 2. The molecule has 1 saturated heterocycles. The third kappa shape index (κ3) is 6.94. The van der Waals surface area contributed by atoms with Gasteiger partial charge in [0.15, 0.2) is 16.8 Å². The lowest BCUT2D eigenvalue weighted by molar-refractivity contribution is 0.00599. The van der Waals surface area contributed by atoms with E-state index in [9.17, 15) is 22.3 Å². The number of rotatable bonds is 10. The van der Waals surface area contributed by atoms with Gasteiger partial charge in [0.05, 0.1) is 19.8 Å². The number of thioether (sulfide) groups is 1. The molecule has 33 heavy (non-hydrogen) atoms. The molecule has 0 spiro atoms. The van der Waals surface area contributed by atoms with E-state index in [1.165, 1.54) is 29.4 Å². The summed E-state index contributed by atoms with van der Waals surface area (Å²) in [5, 5.41) is 18.9. The quantitative estimate of drug-likeness (QED) is 0.321. The third-order valence-electron chi connectivity index (χ3n) is 4.65. The maximum Gasteiger partial charge on any atom is 0.302 e. The number of aliphatic hydroxyl groups is 2. The Bertz CT molecular complexity index is 1060. The van der Waals surface area contributed by atoms with Gasteiger partial charge in [0.1, 0.15) is 18.0 Å². The van der Waals surface area contributed by atoms with Crippen molar-refractivity contribution < 1.29 is 36.9 Å². The van der Waals surface area contributed by atoms with Crippen LogP contribution in [0.4, 0.5) is 14.6 Å². The molecule has 1 aliphatic rings. The summed E-state index contributed by atoms with van der Waals surface area (Å²) in [5.41, 5.74) is 0.0782. The molecular formula is C19H24F2N4O6S2. The van der Waals surface area contributed by atoms with Gasteiger partial charge in [0.25, 0.3) is 0 Å². The van der Waals surface area contributed by atoms with Crippen molar-refractivity contribution in [1.82, 2.24) is 14.3 Å². The van der Waals surface area contributed by atoms with E-state index in [2.05, 4.69) is 14.7 Å². The van der Waals surface area contributed by atoms with E-state index in [1.54, 1.807) is 0 Å². The topological polar surface area (TPSA) is 134 Å². The van der Waals surface area contributed by atoms with Crippen molar-refractivity contribution in [1.29, 1.82) is 0 Å². The smallest absolute Gasteiger partial charge is 0.302 e. The zero-order valence-electron chi connectivity index (χ0n) is 17.6. The standard InChI is InChI=1S/C19H24F2N4O6S2/c1-12(15(27)10-26)31-17-9-16(24-33(28,29)25-5-7-30-8-6-25)22-19(23-17)32-11-13-3-2-4-14(20)18(13)21/h2-4,9,12,15,26-27H,5-8,10-11H2,1H3,(H,22,23,24)/t12-,15-/m1/s1. The van der Waals surface area contributed by atoms with Crippen LogP contribution in [-0.2, 0) is 20.7 Å². The summed E-state index contributed by atoms with van der Waals surface area (Å²) in [6, 6.07) is 5.01. The summed E-state index contributed by atoms with van der Waals surface area (Å²) < 4.78 is 67.1. The summed E-state index contributed by atoms with van der Waals surface area (Å²) in [6.07, 6.45) is -2.07. The highest BCUT2D eigenvalue weighted by Crippen LogP contribution is 2.27. The minimum atomic E-state index is -3.95. The van der Waals surface area contributed by atoms with Gasteiger partial charge in [-0.3, -0.25) is 4.72 Å². The second-order valence-corrected chi connectivity index (χ2v) is 9.68. The zero-order valence-corrected chi connectivity index (χ0v) is 19.3. The van der Waals surface area contributed by atoms with Crippen LogP contribution < -0.4 is 9.46 Å². The van der Waals surface area contributed by atoms with Crippen molar-refractivity contribution in [2.45, 2.75) is 30.0 Å². The first-order valence-electron chi connectivity index (χ1n) is 9.95. The minimum absolute atomic E-state index is 0.0292. The van der Waals surface area contributed by atoms with Gasteiger partial charge in [0.2, 0.25) is 5.88 Å². The van der Waals surface area contributed by atoms with E-state index in [-0.39, 0.29) is 54.5 Å². The average Bonchev–Trinajstić information content (AvgIpc) is 2.79. The Morgan fingerprint density at radius 3 is 2.73 bits per heavy atom. The van der Waals surface area contributed by atoms with Crippen LogP contribution >= 0.6 is 11.8 Å². The van der Waals surface area contributed by atoms with Gasteiger partial charge in [-0.1, -0.05) is 23.9 Å². The first kappa shape index (κ1) is 25.5. The van der Waals surface area contributed by atoms with Gasteiger partial charge >= 0.3 is 10.2 Å². The van der Waals surface area contributed by atoms with Crippen LogP contribution in [-0.4, -0.2) is 78.0 Å². The average molecular weight is 507 g/mol. The van der Waals surface area contributed by atoms with Gasteiger partial charge in [-0.05, 0) is 13.0 Å². The van der Waals surface area contributed by atoms with Crippen molar-refractivity contribution >= 4 is 27.8 Å². The number of benzene rings is 1. The Morgan fingerprint density at radius 1 is 1.30 bits per heavy atom. The fourth-order valence-corrected chi connectivity index (χ4v) is 4.74. The molecule has 1 aromatic carbocycles. The molecule has 0 aliphatic carbocycles. The molecule has 3 N–H and O–H groups in total. The summed E-state index contributed by atoms with van der Waals surface area (Å²) in [4.78, 5) is 8.30. The van der Waals surface area contributed by atoms with Crippen LogP contribution in [0.1, 0.15) is 12.5 Å². The van der Waals surface area contributed by atoms with Crippen molar-refractivity contribution in [3.63, 3.8) is 0 Å². The Balaban J connectivity index is 1.84. The SMILES string of the molecule is C[C@@H](Oc1cc(NS(=O)(=O)N2CCOCC2)nc(SCc2cccc(F)c2F)n1)[C@H](O)CO. The molecule has 182 valence electrons. The summed E-state index contributed by atoms with van der Waals surface area (Å²) in [7, 11) is -3.95. The van der Waals surface area contributed by atoms with Gasteiger partial charge in [-0.15, -0.1) is 0 Å². The van der Waals surface area contributed by atoms with Crippen molar-refractivity contribution in [3.8, 4) is 5.88 Å². The first-order valence-corrected chi connectivity index (χ1v) is 12.4. The number of aliphatic hydroxyl groups excluding tert-OH is 2. The highest BCUT2D eigenvalue weighted by Gasteiger charge is 2.25. The molecule has 1 aliphatic heterocycles. The van der Waals surface area contributed by atoms with E-state index in [4.69, 9.17) is 14.6 Å². The van der Waals surface area contributed by atoms with Crippen LogP contribution in [0.2, 0.25) is 0 Å². The maximum absolute atomic E-state index is 14.0. The van der Waals surface area contributed by atoms with Crippen LogP contribution in [0.3, 0.4) is 0 Å².